The summed E-state index contributed by atoms with van der Waals surface area (Å²) < 4.78 is 1.01. The van der Waals surface area contributed by atoms with Gasteiger partial charge in [0, 0.05) is 16.6 Å². The molecular weight excluding hydrogens is 302 g/mol. The number of hydrogen-bond acceptors (Lipinski definition) is 1. The monoisotopic (exact) mass is 319 g/mol. The maximum absolute atomic E-state index is 12.1. The molecule has 0 spiro atoms. The molecule has 1 N–H and O–H groups in total. The third kappa shape index (κ3) is 2.03. The standard InChI is InChI=1S/C16H18BrNO/c17-12-3-1-9(2-4-12)16(19)18-8-11-5-10-6-13(11)15-7-14(10)15/h1-4,10-11,13-15H,5-8H2,(H,18,19)/t10-,11-,13+,14-,15-/m0/s1. The first-order valence-electron chi connectivity index (χ1n) is 7.26. The minimum absolute atomic E-state index is 0.0719. The average molecular weight is 320 g/mol. The van der Waals surface area contributed by atoms with Crippen molar-refractivity contribution in [2.45, 2.75) is 19.3 Å². The number of hydrogen-bond donors (Lipinski definition) is 1. The molecule has 3 saturated carbocycles. The van der Waals surface area contributed by atoms with E-state index in [1.807, 2.05) is 24.3 Å². The van der Waals surface area contributed by atoms with Gasteiger partial charge in [-0.3, -0.25) is 4.79 Å². The Morgan fingerprint density at radius 2 is 1.89 bits per heavy atom. The van der Waals surface area contributed by atoms with Crippen molar-refractivity contribution in [2.24, 2.45) is 29.6 Å². The van der Waals surface area contributed by atoms with Gasteiger partial charge in [-0.15, -0.1) is 0 Å². The number of fused-ring (bicyclic) bond motifs is 5. The predicted octanol–water partition coefficient (Wildman–Crippen LogP) is 3.47. The first kappa shape index (κ1) is 12.0. The SMILES string of the molecule is O=C(NC[C@@H]1C[C@H]2C[C@H]1[C@@H]1C[C@@H]21)c1ccc(Br)cc1. The van der Waals surface area contributed by atoms with E-state index in [0.717, 1.165) is 46.2 Å². The Bertz CT molecular complexity index is 512. The highest BCUT2D eigenvalue weighted by Crippen LogP contribution is 2.67. The molecule has 3 aliphatic carbocycles. The third-order valence-electron chi connectivity index (χ3n) is 5.46. The molecule has 1 amide bonds. The van der Waals surface area contributed by atoms with E-state index in [-0.39, 0.29) is 5.91 Å². The van der Waals surface area contributed by atoms with Crippen molar-refractivity contribution in [2.75, 3.05) is 6.54 Å². The molecule has 19 heavy (non-hydrogen) atoms. The highest BCUT2D eigenvalue weighted by molar-refractivity contribution is 9.10. The summed E-state index contributed by atoms with van der Waals surface area (Å²) in [6, 6.07) is 7.58. The second-order valence-corrected chi connectivity index (χ2v) is 7.35. The maximum atomic E-state index is 12.1. The van der Waals surface area contributed by atoms with Gasteiger partial charge in [0.05, 0.1) is 0 Å². The van der Waals surface area contributed by atoms with Crippen molar-refractivity contribution in [1.82, 2.24) is 5.32 Å². The summed E-state index contributed by atoms with van der Waals surface area (Å²) in [5, 5.41) is 3.13. The Labute approximate surface area is 122 Å². The fourth-order valence-electron chi connectivity index (χ4n) is 4.51. The van der Waals surface area contributed by atoms with E-state index in [0.29, 0.717) is 0 Å². The van der Waals surface area contributed by atoms with Gasteiger partial charge in [-0.25, -0.2) is 0 Å². The zero-order valence-electron chi connectivity index (χ0n) is 10.8. The van der Waals surface area contributed by atoms with Crippen molar-refractivity contribution >= 4 is 21.8 Å². The Hall–Kier alpha value is -0.830. The van der Waals surface area contributed by atoms with E-state index >= 15 is 0 Å². The van der Waals surface area contributed by atoms with Crippen LogP contribution in [0, 0.1) is 29.6 Å². The van der Waals surface area contributed by atoms with Crippen molar-refractivity contribution in [3.63, 3.8) is 0 Å². The number of halogens is 1. The molecule has 1 aromatic carbocycles. The van der Waals surface area contributed by atoms with E-state index in [4.69, 9.17) is 0 Å². The summed E-state index contributed by atoms with van der Waals surface area (Å²) in [6.45, 7) is 0.874. The van der Waals surface area contributed by atoms with Crippen molar-refractivity contribution in [3.05, 3.63) is 34.3 Å². The van der Waals surface area contributed by atoms with E-state index in [2.05, 4.69) is 21.2 Å². The summed E-state index contributed by atoms with van der Waals surface area (Å²) in [5.41, 5.74) is 0.760. The molecule has 1 aromatic rings. The van der Waals surface area contributed by atoms with Gasteiger partial charge in [-0.2, -0.15) is 0 Å². The lowest BCUT2D eigenvalue weighted by molar-refractivity contribution is 0.0941. The largest absolute Gasteiger partial charge is 0.352 e. The van der Waals surface area contributed by atoms with Crippen LogP contribution in [0.4, 0.5) is 0 Å². The lowest BCUT2D eigenvalue weighted by Gasteiger charge is -2.21. The van der Waals surface area contributed by atoms with Crippen LogP contribution in [0.3, 0.4) is 0 Å². The van der Waals surface area contributed by atoms with E-state index < -0.39 is 0 Å². The number of amides is 1. The Morgan fingerprint density at radius 3 is 2.58 bits per heavy atom. The van der Waals surface area contributed by atoms with Crippen LogP contribution in [0.1, 0.15) is 29.6 Å². The second-order valence-electron chi connectivity index (χ2n) is 6.44. The summed E-state index contributed by atoms with van der Waals surface area (Å²) in [6.07, 6.45) is 4.27. The highest BCUT2D eigenvalue weighted by Gasteiger charge is 2.60. The third-order valence-corrected chi connectivity index (χ3v) is 5.99. The number of carbonyl (C=O) groups is 1. The predicted molar refractivity (Wildman–Crippen MR) is 77.8 cm³/mol. The first-order valence-corrected chi connectivity index (χ1v) is 8.05. The van der Waals surface area contributed by atoms with Crippen LogP contribution in [0.15, 0.2) is 28.7 Å². The molecule has 0 radical (unpaired) electrons. The van der Waals surface area contributed by atoms with Crippen molar-refractivity contribution in [3.8, 4) is 0 Å². The van der Waals surface area contributed by atoms with E-state index in [9.17, 15) is 4.79 Å². The van der Waals surface area contributed by atoms with Gasteiger partial charge in [-0.05, 0) is 73.1 Å². The first-order chi connectivity index (χ1) is 9.22. The van der Waals surface area contributed by atoms with Gasteiger partial charge >= 0.3 is 0 Å². The maximum Gasteiger partial charge on any atom is 0.251 e. The molecule has 0 unspecified atom stereocenters. The number of rotatable bonds is 3. The van der Waals surface area contributed by atoms with Crippen LogP contribution in [0.5, 0.6) is 0 Å². The highest BCUT2D eigenvalue weighted by atomic mass is 79.9. The molecular formula is C16H18BrNO. The second kappa shape index (κ2) is 4.34. The molecule has 0 saturated heterocycles. The zero-order valence-corrected chi connectivity index (χ0v) is 12.4. The van der Waals surface area contributed by atoms with Crippen LogP contribution in [-0.2, 0) is 0 Å². The van der Waals surface area contributed by atoms with Gasteiger partial charge in [-0.1, -0.05) is 15.9 Å². The summed E-state index contributed by atoms with van der Waals surface area (Å²) >= 11 is 3.39. The van der Waals surface area contributed by atoms with Crippen LogP contribution < -0.4 is 5.32 Å². The topological polar surface area (TPSA) is 29.1 Å². The molecule has 3 heteroatoms. The van der Waals surface area contributed by atoms with Gasteiger partial charge < -0.3 is 5.32 Å². The minimum atomic E-state index is 0.0719. The summed E-state index contributed by atoms with van der Waals surface area (Å²) in [4.78, 5) is 12.1. The number of benzene rings is 1. The molecule has 2 bridgehead atoms. The fraction of sp³-hybridized carbons (Fsp3) is 0.562. The Morgan fingerprint density at radius 1 is 1.11 bits per heavy atom. The van der Waals surface area contributed by atoms with Crippen LogP contribution in [-0.4, -0.2) is 12.5 Å². The molecule has 0 aromatic heterocycles. The van der Waals surface area contributed by atoms with E-state index in [1.165, 1.54) is 19.3 Å². The zero-order chi connectivity index (χ0) is 13.0. The quantitative estimate of drug-likeness (QED) is 0.908. The van der Waals surface area contributed by atoms with Gasteiger partial charge in [0.1, 0.15) is 0 Å². The van der Waals surface area contributed by atoms with Gasteiger partial charge in [0.15, 0.2) is 0 Å². The molecule has 2 nitrogen and oxygen atoms in total. The number of carbonyl (C=O) groups excluding carboxylic acids is 1. The molecule has 5 atom stereocenters. The Balaban J connectivity index is 1.35. The number of nitrogens with one attached hydrogen (secondary N) is 1. The van der Waals surface area contributed by atoms with Gasteiger partial charge in [0.25, 0.3) is 5.91 Å². The molecule has 100 valence electrons. The molecule has 3 fully saturated rings. The summed E-state index contributed by atoms with van der Waals surface area (Å²) in [7, 11) is 0. The van der Waals surface area contributed by atoms with Crippen LogP contribution in [0.2, 0.25) is 0 Å². The molecule has 0 heterocycles. The molecule has 0 aliphatic heterocycles. The molecule has 4 rings (SSSR count). The van der Waals surface area contributed by atoms with Crippen molar-refractivity contribution in [1.29, 1.82) is 0 Å². The van der Waals surface area contributed by atoms with Gasteiger partial charge in [0.2, 0.25) is 0 Å². The van der Waals surface area contributed by atoms with Crippen LogP contribution in [0.25, 0.3) is 0 Å². The lowest BCUT2D eigenvalue weighted by atomic mass is 9.88. The van der Waals surface area contributed by atoms with E-state index in [1.54, 1.807) is 0 Å². The fourth-order valence-corrected chi connectivity index (χ4v) is 4.77. The smallest absolute Gasteiger partial charge is 0.251 e. The summed E-state index contributed by atoms with van der Waals surface area (Å²) in [5.74, 6) is 4.82. The minimum Gasteiger partial charge on any atom is -0.352 e. The van der Waals surface area contributed by atoms with Crippen molar-refractivity contribution < 1.29 is 4.79 Å². The molecule has 3 aliphatic rings. The lowest BCUT2D eigenvalue weighted by Crippen LogP contribution is -2.32. The Kier molecular flexibility index (Phi) is 2.73. The average Bonchev–Trinajstić information content (AvgIpc) is 3.03. The van der Waals surface area contributed by atoms with Crippen LogP contribution >= 0.6 is 15.9 Å². The normalized spacial score (nSPS) is 38.1.